The van der Waals surface area contributed by atoms with Crippen molar-refractivity contribution < 1.29 is 5.11 Å². The highest BCUT2D eigenvalue weighted by molar-refractivity contribution is 5.57. The van der Waals surface area contributed by atoms with Crippen molar-refractivity contribution in [3.05, 3.63) is 46.5 Å². The molecule has 1 aliphatic heterocycles. The van der Waals surface area contributed by atoms with Crippen LogP contribution >= 0.6 is 0 Å². The van der Waals surface area contributed by atoms with E-state index < -0.39 is 0 Å². The molecular formula is C14H15N3O2. The molecule has 5 nitrogen and oxygen atoms in total. The molecule has 3 rings (SSSR count). The van der Waals surface area contributed by atoms with Crippen LogP contribution < -0.4 is 10.9 Å². The molecule has 0 spiro atoms. The van der Waals surface area contributed by atoms with E-state index in [1.54, 1.807) is 22.8 Å². The second-order valence-corrected chi connectivity index (χ2v) is 4.68. The molecule has 0 unspecified atom stereocenters. The number of hydrogen-bond donors (Lipinski definition) is 2. The summed E-state index contributed by atoms with van der Waals surface area (Å²) in [5, 5.41) is 12.5. The lowest BCUT2D eigenvalue weighted by Gasteiger charge is -2.18. The molecule has 1 aliphatic rings. The summed E-state index contributed by atoms with van der Waals surface area (Å²) in [6, 6.07) is 8.25. The van der Waals surface area contributed by atoms with E-state index in [-0.39, 0.29) is 11.3 Å². The predicted octanol–water partition coefficient (Wildman–Crippen LogP) is 2.03. The monoisotopic (exact) mass is 257 g/mol. The Morgan fingerprint density at radius 1 is 1.26 bits per heavy atom. The molecule has 98 valence electrons. The zero-order valence-corrected chi connectivity index (χ0v) is 10.5. The minimum atomic E-state index is -0.0210. The fourth-order valence-electron chi connectivity index (χ4n) is 2.33. The quantitative estimate of drug-likeness (QED) is 0.863. The van der Waals surface area contributed by atoms with Crippen LogP contribution in [0.25, 0.3) is 0 Å². The second kappa shape index (κ2) is 4.76. The van der Waals surface area contributed by atoms with E-state index in [0.29, 0.717) is 11.5 Å². The molecule has 1 aromatic carbocycles. The summed E-state index contributed by atoms with van der Waals surface area (Å²) in [7, 11) is 0. The summed E-state index contributed by atoms with van der Waals surface area (Å²) in [6.45, 7) is 0.758. The summed E-state index contributed by atoms with van der Waals surface area (Å²) in [6.07, 6.45) is 2.95. The first-order valence-electron chi connectivity index (χ1n) is 6.39. The molecule has 0 bridgehead atoms. The Balaban J connectivity index is 1.94. The maximum absolute atomic E-state index is 12.0. The van der Waals surface area contributed by atoms with Crippen molar-refractivity contribution in [1.29, 1.82) is 0 Å². The van der Waals surface area contributed by atoms with Crippen LogP contribution in [0.4, 0.5) is 11.5 Å². The molecule has 1 aromatic heterocycles. The number of hydrogen-bond acceptors (Lipinski definition) is 4. The van der Waals surface area contributed by atoms with Gasteiger partial charge in [0.05, 0.1) is 0 Å². The Bertz CT molecular complexity index is 664. The maximum atomic E-state index is 12.0. The minimum absolute atomic E-state index is 0.0210. The fourth-order valence-corrected chi connectivity index (χ4v) is 2.33. The van der Waals surface area contributed by atoms with Gasteiger partial charge >= 0.3 is 0 Å². The molecule has 0 radical (unpaired) electrons. The van der Waals surface area contributed by atoms with E-state index in [1.807, 2.05) is 6.07 Å². The molecule has 5 heteroatoms. The number of benzene rings is 1. The first kappa shape index (κ1) is 11.8. The lowest BCUT2D eigenvalue weighted by Crippen LogP contribution is -2.28. The molecule has 0 fully saturated rings. The van der Waals surface area contributed by atoms with Crippen LogP contribution in [0.15, 0.2) is 35.1 Å². The van der Waals surface area contributed by atoms with Crippen LogP contribution in [-0.2, 0) is 13.0 Å². The normalized spacial score (nSPS) is 13.9. The molecule has 19 heavy (non-hydrogen) atoms. The summed E-state index contributed by atoms with van der Waals surface area (Å²) in [5.41, 5.74) is 0.694. The van der Waals surface area contributed by atoms with Crippen LogP contribution in [0.2, 0.25) is 0 Å². The van der Waals surface area contributed by atoms with E-state index in [4.69, 9.17) is 0 Å². The van der Waals surface area contributed by atoms with Crippen molar-refractivity contribution >= 4 is 11.5 Å². The Morgan fingerprint density at radius 2 is 2.16 bits per heavy atom. The highest BCUT2D eigenvalue weighted by Gasteiger charge is 2.12. The third-order valence-electron chi connectivity index (χ3n) is 3.24. The fraction of sp³-hybridized carbons (Fsp3) is 0.286. The number of fused-ring (bicyclic) bond motifs is 1. The average Bonchev–Trinajstić information content (AvgIpc) is 2.39. The van der Waals surface area contributed by atoms with Crippen molar-refractivity contribution in [2.45, 2.75) is 25.8 Å². The van der Waals surface area contributed by atoms with Crippen LogP contribution in [0.5, 0.6) is 5.75 Å². The van der Waals surface area contributed by atoms with Gasteiger partial charge in [0.25, 0.3) is 5.56 Å². The molecule has 0 saturated carbocycles. The van der Waals surface area contributed by atoms with Gasteiger partial charge in [-0.05, 0) is 25.0 Å². The van der Waals surface area contributed by atoms with Crippen LogP contribution in [0.1, 0.15) is 18.7 Å². The van der Waals surface area contributed by atoms with Gasteiger partial charge in [-0.1, -0.05) is 6.07 Å². The largest absolute Gasteiger partial charge is 0.508 e. The number of aryl methyl sites for hydroxylation is 1. The molecule has 2 heterocycles. The predicted molar refractivity (Wildman–Crippen MR) is 72.8 cm³/mol. The van der Waals surface area contributed by atoms with Gasteiger partial charge in [0.2, 0.25) is 0 Å². The molecule has 0 saturated heterocycles. The number of aromatic hydroxyl groups is 1. The molecule has 2 aromatic rings. The van der Waals surface area contributed by atoms with E-state index in [1.165, 1.54) is 6.07 Å². The lowest BCUT2D eigenvalue weighted by molar-refractivity contribution is 0.475. The SMILES string of the molecule is O=c1cc(Nc2cccc(O)c2)nc2n1CCCC2. The third kappa shape index (κ3) is 2.45. The number of nitrogens with zero attached hydrogens (tertiary/aromatic N) is 2. The Morgan fingerprint density at radius 3 is 3.00 bits per heavy atom. The van der Waals surface area contributed by atoms with Gasteiger partial charge in [0.15, 0.2) is 0 Å². The summed E-state index contributed by atoms with van der Waals surface area (Å²) < 4.78 is 1.73. The molecule has 0 atom stereocenters. The number of rotatable bonds is 2. The topological polar surface area (TPSA) is 67.2 Å². The smallest absolute Gasteiger partial charge is 0.255 e. The van der Waals surface area contributed by atoms with Crippen molar-refractivity contribution in [3.63, 3.8) is 0 Å². The van der Waals surface area contributed by atoms with Crippen molar-refractivity contribution in [3.8, 4) is 5.75 Å². The van der Waals surface area contributed by atoms with Gasteiger partial charge < -0.3 is 10.4 Å². The van der Waals surface area contributed by atoms with Crippen molar-refractivity contribution in [2.24, 2.45) is 0 Å². The first-order chi connectivity index (χ1) is 9.22. The van der Waals surface area contributed by atoms with Gasteiger partial charge in [0, 0.05) is 30.8 Å². The summed E-state index contributed by atoms with van der Waals surface area (Å²) >= 11 is 0. The van der Waals surface area contributed by atoms with Gasteiger partial charge in [-0.25, -0.2) is 4.98 Å². The summed E-state index contributed by atoms with van der Waals surface area (Å²) in [5.74, 6) is 1.55. The number of phenolic OH excluding ortho intramolecular Hbond substituents is 1. The van der Waals surface area contributed by atoms with Crippen molar-refractivity contribution in [1.82, 2.24) is 9.55 Å². The van der Waals surface area contributed by atoms with E-state index in [9.17, 15) is 9.90 Å². The Kier molecular flexibility index (Phi) is 2.95. The molecule has 0 amide bonds. The highest BCUT2D eigenvalue weighted by Crippen LogP contribution is 2.19. The van der Waals surface area contributed by atoms with E-state index >= 15 is 0 Å². The number of nitrogens with one attached hydrogen (secondary N) is 1. The highest BCUT2D eigenvalue weighted by atomic mass is 16.3. The van der Waals surface area contributed by atoms with Crippen LogP contribution in [0.3, 0.4) is 0 Å². The lowest BCUT2D eigenvalue weighted by atomic mass is 10.1. The van der Waals surface area contributed by atoms with E-state index in [0.717, 1.165) is 31.6 Å². The summed E-state index contributed by atoms with van der Waals surface area (Å²) in [4.78, 5) is 16.4. The average molecular weight is 257 g/mol. The minimum Gasteiger partial charge on any atom is -0.508 e. The third-order valence-corrected chi connectivity index (χ3v) is 3.24. The Labute approximate surface area is 110 Å². The molecule has 0 aliphatic carbocycles. The van der Waals surface area contributed by atoms with Gasteiger partial charge in [0.1, 0.15) is 17.4 Å². The van der Waals surface area contributed by atoms with Crippen LogP contribution in [0, 0.1) is 0 Å². The zero-order valence-electron chi connectivity index (χ0n) is 10.5. The molecule has 2 N–H and O–H groups in total. The number of phenols is 1. The zero-order chi connectivity index (χ0) is 13.2. The van der Waals surface area contributed by atoms with Gasteiger partial charge in [-0.15, -0.1) is 0 Å². The standard InChI is InChI=1S/C14H15N3O2/c18-11-5-3-4-10(8-11)15-12-9-14(19)17-7-2-1-6-13(17)16-12/h3-5,8-9,15,18H,1-2,6-7H2. The number of anilines is 2. The first-order valence-corrected chi connectivity index (χ1v) is 6.39. The number of aromatic nitrogens is 2. The maximum Gasteiger partial charge on any atom is 0.255 e. The Hall–Kier alpha value is -2.30. The second-order valence-electron chi connectivity index (χ2n) is 4.68. The van der Waals surface area contributed by atoms with Gasteiger partial charge in [-0.2, -0.15) is 0 Å². The van der Waals surface area contributed by atoms with E-state index in [2.05, 4.69) is 10.3 Å². The van der Waals surface area contributed by atoms with Crippen LogP contribution in [-0.4, -0.2) is 14.7 Å². The van der Waals surface area contributed by atoms with Gasteiger partial charge in [-0.3, -0.25) is 9.36 Å². The molecular weight excluding hydrogens is 242 g/mol. The van der Waals surface area contributed by atoms with Crippen molar-refractivity contribution in [2.75, 3.05) is 5.32 Å².